The number of likely N-dealkylation sites (N-methyl/N-ethyl adjacent to an activating group) is 1. The molecule has 15 nitrogen and oxygen atoms in total. The molecule has 16 heteroatoms. The number of hydrogen-bond donors (Lipinski definition) is 4. The molecule has 1 spiro atoms. The molecule has 1 unspecified atom stereocenters. The number of aliphatic hydroxyl groups excluding tert-OH is 1. The molecule has 5 heterocycles. The van der Waals surface area contributed by atoms with Crippen molar-refractivity contribution in [3.63, 3.8) is 0 Å². The van der Waals surface area contributed by atoms with Crippen LogP contribution in [0.3, 0.4) is 0 Å². The summed E-state index contributed by atoms with van der Waals surface area (Å²) >= 11 is 0. The number of methoxy groups -OCH3 is 1. The summed E-state index contributed by atoms with van der Waals surface area (Å²) in [7, 11) is 3.35. The van der Waals surface area contributed by atoms with E-state index < -0.39 is 11.5 Å². The number of halogens is 1. The van der Waals surface area contributed by atoms with Crippen molar-refractivity contribution in [1.82, 2.24) is 25.5 Å². The van der Waals surface area contributed by atoms with E-state index in [1.165, 1.54) is 6.07 Å². The van der Waals surface area contributed by atoms with Crippen LogP contribution in [0.15, 0.2) is 42.6 Å². The van der Waals surface area contributed by atoms with Crippen molar-refractivity contribution in [2.24, 2.45) is 11.3 Å². The van der Waals surface area contributed by atoms with Crippen molar-refractivity contribution in [2.45, 2.75) is 120 Å². The number of hydrogen-bond acceptors (Lipinski definition) is 12. The number of benzene rings is 2. The number of ether oxygens (including phenoxy) is 1. The number of likely N-dealkylation sites (tertiary alicyclic amines) is 1. The first-order valence-electron chi connectivity index (χ1n) is 23.8. The molecule has 2 aliphatic carbocycles. The van der Waals surface area contributed by atoms with Crippen LogP contribution in [0.1, 0.15) is 119 Å². The molecule has 5 fully saturated rings. The van der Waals surface area contributed by atoms with Crippen LogP contribution >= 0.6 is 0 Å². The largest absolute Gasteiger partial charge is 0.495 e. The minimum atomic E-state index is -0.502. The first-order valence-corrected chi connectivity index (χ1v) is 23.8. The normalized spacial score (nSPS) is 23.6. The molecule has 3 aromatic rings. The van der Waals surface area contributed by atoms with Crippen molar-refractivity contribution in [1.29, 1.82) is 0 Å². The number of carbonyl (C=O) groups excluding carboxylic acids is 4. The highest BCUT2D eigenvalue weighted by Gasteiger charge is 2.55. The van der Waals surface area contributed by atoms with Crippen molar-refractivity contribution in [2.75, 3.05) is 73.5 Å². The maximum Gasteiger partial charge on any atom is 0.251 e. The number of aromatic nitrogens is 2. The number of nitrogens with one attached hydrogen (secondary N) is 3. The molecule has 2 aromatic carbocycles. The monoisotopic (exact) mass is 893 g/mol. The maximum atomic E-state index is 15.4. The zero-order valence-electron chi connectivity index (χ0n) is 38.0. The molecule has 348 valence electrons. The Bertz CT molecular complexity index is 2280. The Morgan fingerprint density at radius 2 is 1.74 bits per heavy atom. The lowest BCUT2D eigenvalue weighted by Crippen LogP contribution is -2.64. The second-order valence-electron chi connectivity index (χ2n) is 19.6. The first-order chi connectivity index (χ1) is 31.4. The van der Waals surface area contributed by atoms with Crippen LogP contribution in [-0.4, -0.2) is 115 Å². The van der Waals surface area contributed by atoms with E-state index >= 15 is 4.39 Å². The Hall–Kier alpha value is -5.35. The molecule has 4 N–H and O–H groups in total. The highest BCUT2D eigenvalue weighted by molar-refractivity contribution is 6.04. The molecular weight excluding hydrogens is 830 g/mol. The van der Waals surface area contributed by atoms with Gasteiger partial charge in [-0.2, -0.15) is 4.98 Å². The van der Waals surface area contributed by atoms with Gasteiger partial charge in [-0.3, -0.25) is 24.5 Å². The van der Waals surface area contributed by atoms with E-state index in [2.05, 4.69) is 35.6 Å². The highest BCUT2D eigenvalue weighted by atomic mass is 19.1. The van der Waals surface area contributed by atoms with Crippen molar-refractivity contribution >= 4 is 52.5 Å². The number of carbonyl (C=O) groups is 4. The van der Waals surface area contributed by atoms with Gasteiger partial charge in [-0.25, -0.2) is 9.37 Å². The van der Waals surface area contributed by atoms with Gasteiger partial charge in [0.15, 0.2) is 5.82 Å². The van der Waals surface area contributed by atoms with Gasteiger partial charge >= 0.3 is 0 Å². The van der Waals surface area contributed by atoms with Crippen LogP contribution in [0, 0.1) is 17.2 Å². The van der Waals surface area contributed by atoms with Crippen LogP contribution in [0.25, 0.3) is 0 Å². The molecule has 6 aliphatic rings. The molecule has 1 aromatic heterocycles. The summed E-state index contributed by atoms with van der Waals surface area (Å²) in [5.74, 6) is 0.519. The van der Waals surface area contributed by atoms with Gasteiger partial charge in [0.1, 0.15) is 23.3 Å². The van der Waals surface area contributed by atoms with E-state index in [0.29, 0.717) is 65.1 Å². The lowest BCUT2D eigenvalue weighted by atomic mass is 9.52. The van der Waals surface area contributed by atoms with Crippen LogP contribution in [0.2, 0.25) is 0 Å². The van der Waals surface area contributed by atoms with E-state index in [1.807, 2.05) is 13.0 Å². The Morgan fingerprint density at radius 3 is 2.42 bits per heavy atom. The van der Waals surface area contributed by atoms with E-state index in [-0.39, 0.29) is 60.0 Å². The Morgan fingerprint density at radius 1 is 0.985 bits per heavy atom. The number of piperidine rings is 3. The summed E-state index contributed by atoms with van der Waals surface area (Å²) in [6.45, 7) is 6.58. The van der Waals surface area contributed by atoms with Gasteiger partial charge in [-0.1, -0.05) is 25.8 Å². The molecule has 9 rings (SSSR count). The number of imide groups is 1. The molecule has 3 saturated heterocycles. The van der Waals surface area contributed by atoms with Gasteiger partial charge in [0.25, 0.3) is 5.91 Å². The summed E-state index contributed by atoms with van der Waals surface area (Å²) < 4.78 is 21.1. The van der Waals surface area contributed by atoms with Gasteiger partial charge in [0.05, 0.1) is 30.6 Å². The minimum Gasteiger partial charge on any atom is -0.495 e. The topological polar surface area (TPSA) is 173 Å². The molecular formula is C49H64FN9O6. The van der Waals surface area contributed by atoms with E-state index in [4.69, 9.17) is 9.72 Å². The van der Waals surface area contributed by atoms with Crippen molar-refractivity contribution < 1.29 is 33.4 Å². The van der Waals surface area contributed by atoms with Crippen molar-refractivity contribution in [3.8, 4) is 5.75 Å². The van der Waals surface area contributed by atoms with Gasteiger partial charge in [-0.05, 0) is 131 Å². The molecule has 0 radical (unpaired) electrons. The maximum absolute atomic E-state index is 15.4. The Balaban J connectivity index is 0.773. The second-order valence-corrected chi connectivity index (χ2v) is 19.6. The zero-order valence-corrected chi connectivity index (χ0v) is 38.0. The highest BCUT2D eigenvalue weighted by Crippen LogP contribution is 2.56. The lowest BCUT2D eigenvalue weighted by Gasteiger charge is -2.59. The van der Waals surface area contributed by atoms with E-state index in [9.17, 15) is 24.3 Å². The number of anilines is 5. The van der Waals surface area contributed by atoms with Gasteiger partial charge in [0.2, 0.25) is 23.7 Å². The van der Waals surface area contributed by atoms with Gasteiger partial charge < -0.3 is 40.1 Å². The standard InChI is InChI=1S/C49H64FN9O6/c1-4-38-46(64)56(2)40-27-51-47(54-43(40)59(38)34-7-5-6-8-34)52-37-12-9-33(26-41(37)65-3)44(62)55-49(19-24-60)29-48(30-49)17-22-57(23-18-48)28-31-15-20-58(21-16-31)39-13-10-32(25-36(39)50)35-11-14-42(61)53-45(35)63/h9-10,12-13,25-27,31,34-35,38,60H,4-8,11,14-24,28-30H2,1-3H3,(H,55,62)(H,51,52,54)(H,53,61,63)/t35?,38-/m1/s1. The average molecular weight is 894 g/mol. The van der Waals surface area contributed by atoms with Crippen molar-refractivity contribution in [3.05, 3.63) is 59.5 Å². The van der Waals surface area contributed by atoms with Crippen LogP contribution in [0.4, 0.5) is 33.2 Å². The molecule has 2 atom stereocenters. The number of rotatable bonds is 13. The number of nitrogens with zero attached hydrogens (tertiary/aromatic N) is 6. The predicted molar refractivity (Wildman–Crippen MR) is 246 cm³/mol. The van der Waals surface area contributed by atoms with E-state index in [1.54, 1.807) is 49.5 Å². The Labute approximate surface area is 380 Å². The summed E-state index contributed by atoms with van der Waals surface area (Å²) in [5, 5.41) is 19.2. The summed E-state index contributed by atoms with van der Waals surface area (Å²) in [4.78, 5) is 69.3. The number of fused-ring (bicyclic) bond motifs is 1. The zero-order chi connectivity index (χ0) is 45.5. The fourth-order valence-corrected chi connectivity index (χ4v) is 12.0. The Kier molecular flexibility index (Phi) is 12.8. The van der Waals surface area contributed by atoms with Crippen LogP contribution in [-0.2, 0) is 14.4 Å². The summed E-state index contributed by atoms with van der Waals surface area (Å²) in [6, 6.07) is 10.3. The second kappa shape index (κ2) is 18.5. The third-order valence-corrected chi connectivity index (χ3v) is 15.5. The van der Waals surface area contributed by atoms with Crippen LogP contribution < -0.4 is 35.4 Å². The molecule has 2 saturated carbocycles. The third-order valence-electron chi connectivity index (χ3n) is 15.5. The fourth-order valence-electron chi connectivity index (χ4n) is 12.0. The molecule has 4 amide bonds. The number of aliphatic hydroxyl groups is 1. The molecule has 0 bridgehead atoms. The summed E-state index contributed by atoms with van der Waals surface area (Å²) in [5.41, 5.74) is 2.60. The van der Waals surface area contributed by atoms with Gasteiger partial charge in [-0.15, -0.1) is 0 Å². The van der Waals surface area contributed by atoms with E-state index in [0.717, 1.165) is 103 Å². The smallest absolute Gasteiger partial charge is 0.251 e. The predicted octanol–water partition coefficient (Wildman–Crippen LogP) is 6.04. The quantitative estimate of drug-likeness (QED) is 0.147. The molecule has 65 heavy (non-hydrogen) atoms. The SMILES string of the molecule is CC[C@@H]1C(=O)N(C)c2cnc(Nc3ccc(C(=O)NC4(CCO)CC5(CCN(CC6CCN(c7ccc(C8CCC(=O)NC8=O)cc7F)CC6)CC5)C4)cc3OC)nc2N1C1CCCC1. The first kappa shape index (κ1) is 44.8. The lowest BCUT2D eigenvalue weighted by molar-refractivity contribution is -0.134. The fraction of sp³-hybridized carbons (Fsp3) is 0.592. The minimum absolute atomic E-state index is 0.0108. The van der Waals surface area contributed by atoms with Gasteiger partial charge in [0, 0.05) is 56.9 Å². The summed E-state index contributed by atoms with van der Waals surface area (Å²) in [6.07, 6.45) is 13.6. The number of amides is 4. The van der Waals surface area contributed by atoms with Crippen LogP contribution in [0.5, 0.6) is 5.75 Å². The third kappa shape index (κ3) is 9.00. The molecule has 4 aliphatic heterocycles. The average Bonchev–Trinajstić information content (AvgIpc) is 3.83.